The average molecular weight is 465 g/mol. The molecular weight excluding hydrogens is 436 g/mol. The maximum Gasteiger partial charge on any atom is 0.265 e. The van der Waals surface area contributed by atoms with Crippen molar-refractivity contribution in [3.8, 4) is 5.75 Å². The lowest BCUT2D eigenvalue weighted by Gasteiger charge is -2.29. The highest BCUT2D eigenvalue weighted by Gasteiger charge is 2.30. The van der Waals surface area contributed by atoms with Crippen LogP contribution in [0.5, 0.6) is 5.75 Å². The lowest BCUT2D eigenvalue weighted by Crippen LogP contribution is -2.34. The van der Waals surface area contributed by atoms with Gasteiger partial charge in [-0.05, 0) is 55.4 Å². The monoisotopic (exact) mass is 464 g/mol. The molecule has 33 heavy (non-hydrogen) atoms. The number of tetrazole rings is 1. The number of hydrogen-bond donors (Lipinski definition) is 2. The minimum Gasteiger partial charge on any atom is -0.507 e. The number of carbonyl (C=O) groups is 1. The number of aromatic hydroxyl groups is 1. The van der Waals surface area contributed by atoms with Crippen molar-refractivity contribution in [3.63, 3.8) is 0 Å². The number of hydrogen-bond acceptors (Lipinski definition) is 7. The highest BCUT2D eigenvalue weighted by molar-refractivity contribution is 8.04. The van der Waals surface area contributed by atoms with Gasteiger partial charge in [0.25, 0.3) is 5.91 Å². The number of aromatic nitrogens is 4. The number of anilines is 1. The molecule has 1 aromatic heterocycles. The van der Waals surface area contributed by atoms with E-state index in [4.69, 9.17) is 0 Å². The van der Waals surface area contributed by atoms with Gasteiger partial charge in [-0.3, -0.25) is 9.69 Å². The van der Waals surface area contributed by atoms with Crippen LogP contribution in [0.1, 0.15) is 43.3 Å². The molecule has 8 nitrogen and oxygen atoms in total. The summed E-state index contributed by atoms with van der Waals surface area (Å²) >= 11 is 1.45. The number of phenolic OH excluding ortho intramolecular Hbond substituents is 1. The second-order valence-electron chi connectivity index (χ2n) is 9.36. The number of amides is 1. The van der Waals surface area contributed by atoms with Crippen molar-refractivity contribution in [1.29, 1.82) is 0 Å². The highest BCUT2D eigenvalue weighted by atomic mass is 32.2. The fraction of sp³-hybridized carbons (Fsp3) is 0.333. The maximum atomic E-state index is 13.5. The van der Waals surface area contributed by atoms with Crippen LogP contribution in [-0.2, 0) is 23.3 Å². The molecule has 0 spiro atoms. The number of fused-ring (bicyclic) bond motifs is 1. The molecule has 9 heteroatoms. The van der Waals surface area contributed by atoms with E-state index in [0.717, 1.165) is 27.3 Å². The molecular formula is C24H28N6O2S. The van der Waals surface area contributed by atoms with E-state index < -0.39 is 0 Å². The molecule has 0 bridgehead atoms. The molecule has 1 amide bonds. The van der Waals surface area contributed by atoms with Crippen LogP contribution in [0.4, 0.5) is 5.69 Å². The van der Waals surface area contributed by atoms with Gasteiger partial charge in [-0.15, -0.1) is 10.2 Å². The van der Waals surface area contributed by atoms with E-state index in [1.54, 1.807) is 4.90 Å². The molecule has 3 aromatic rings. The highest BCUT2D eigenvalue weighted by Crippen LogP contribution is 2.43. The number of nitrogens with zero attached hydrogens (tertiary/aromatic N) is 5. The van der Waals surface area contributed by atoms with E-state index in [1.165, 1.54) is 11.8 Å². The third kappa shape index (κ3) is 4.94. The van der Waals surface area contributed by atoms with Crippen LogP contribution < -0.4 is 4.90 Å². The predicted molar refractivity (Wildman–Crippen MR) is 130 cm³/mol. The maximum absolute atomic E-state index is 13.5. The first-order valence-corrected chi connectivity index (χ1v) is 11.5. The molecule has 0 radical (unpaired) electrons. The number of aromatic amines is 1. The number of rotatable bonds is 5. The number of benzene rings is 2. The Bertz CT molecular complexity index is 1200. The Labute approximate surface area is 197 Å². The van der Waals surface area contributed by atoms with Gasteiger partial charge in [0.15, 0.2) is 5.82 Å². The van der Waals surface area contributed by atoms with Crippen molar-refractivity contribution < 1.29 is 9.90 Å². The standard InChI is InChI=1S/C24H28N6O2S/c1-24(2,3)17-11-15(10-16(22(17)31)13-29(4)5)12-20-23(32)30(14-21-25-27-28-26-21)18-8-6-7-9-19(18)33-20/h6-12,31H,13-14H2,1-5H3,(H,25,26,27,28). The number of nitrogens with one attached hydrogen (secondary N) is 1. The van der Waals surface area contributed by atoms with Crippen molar-refractivity contribution in [2.45, 2.75) is 44.2 Å². The Morgan fingerprint density at radius 3 is 2.64 bits per heavy atom. The summed E-state index contributed by atoms with van der Waals surface area (Å²) in [4.78, 5) is 18.8. The van der Waals surface area contributed by atoms with E-state index in [0.29, 0.717) is 23.0 Å². The minimum absolute atomic E-state index is 0.122. The molecule has 4 rings (SSSR count). The Hall–Kier alpha value is -3.17. The molecule has 0 atom stereocenters. The molecule has 1 aliphatic heterocycles. The minimum atomic E-state index is -0.249. The Balaban J connectivity index is 1.79. The van der Waals surface area contributed by atoms with Gasteiger partial charge >= 0.3 is 0 Å². The number of para-hydroxylation sites is 1. The fourth-order valence-electron chi connectivity index (χ4n) is 3.80. The van der Waals surface area contributed by atoms with E-state index in [2.05, 4.69) is 41.4 Å². The van der Waals surface area contributed by atoms with Crippen LogP contribution in [-0.4, -0.2) is 50.6 Å². The van der Waals surface area contributed by atoms with Crippen molar-refractivity contribution in [1.82, 2.24) is 25.5 Å². The van der Waals surface area contributed by atoms with Gasteiger partial charge in [-0.1, -0.05) is 49.9 Å². The largest absolute Gasteiger partial charge is 0.507 e. The van der Waals surface area contributed by atoms with Crippen LogP contribution in [0.15, 0.2) is 46.2 Å². The quantitative estimate of drug-likeness (QED) is 0.552. The number of H-pyrrole nitrogens is 1. The SMILES string of the molecule is CN(C)Cc1cc(C=C2Sc3ccccc3N(Cc3nn[nH]n3)C2=O)cc(C(C)(C)C)c1O. The summed E-state index contributed by atoms with van der Waals surface area (Å²) < 4.78 is 0. The summed E-state index contributed by atoms with van der Waals surface area (Å²) in [5.74, 6) is 0.630. The summed E-state index contributed by atoms with van der Waals surface area (Å²) in [6, 6.07) is 11.7. The van der Waals surface area contributed by atoms with Gasteiger partial charge in [0.05, 0.1) is 17.1 Å². The first-order chi connectivity index (χ1) is 15.6. The Morgan fingerprint density at radius 1 is 1.21 bits per heavy atom. The lowest BCUT2D eigenvalue weighted by atomic mass is 9.84. The van der Waals surface area contributed by atoms with Crippen molar-refractivity contribution in [3.05, 3.63) is 63.8 Å². The lowest BCUT2D eigenvalue weighted by molar-refractivity contribution is -0.114. The average Bonchev–Trinajstić information content (AvgIpc) is 3.25. The van der Waals surface area contributed by atoms with Crippen molar-refractivity contribution >= 4 is 29.4 Å². The predicted octanol–water partition coefficient (Wildman–Crippen LogP) is 3.94. The number of phenols is 1. The zero-order valence-corrected chi connectivity index (χ0v) is 20.3. The van der Waals surface area contributed by atoms with E-state index in [-0.39, 0.29) is 17.9 Å². The molecule has 0 fully saturated rings. The molecule has 2 heterocycles. The molecule has 0 saturated heterocycles. The van der Waals surface area contributed by atoms with Crippen LogP contribution in [0, 0.1) is 0 Å². The summed E-state index contributed by atoms with van der Waals surface area (Å²) in [6.07, 6.45) is 1.90. The Kier molecular flexibility index (Phi) is 6.27. The molecule has 0 saturated carbocycles. The smallest absolute Gasteiger partial charge is 0.265 e. The third-order valence-corrected chi connectivity index (χ3v) is 6.40. The van der Waals surface area contributed by atoms with Gasteiger partial charge in [0, 0.05) is 22.6 Å². The third-order valence-electron chi connectivity index (χ3n) is 5.32. The second kappa shape index (κ2) is 8.99. The summed E-state index contributed by atoms with van der Waals surface area (Å²) in [5.41, 5.74) is 3.14. The molecule has 0 aliphatic carbocycles. The molecule has 1 aliphatic rings. The van der Waals surface area contributed by atoms with Gasteiger partial charge in [-0.25, -0.2) is 0 Å². The van der Waals surface area contributed by atoms with E-state index >= 15 is 0 Å². The van der Waals surface area contributed by atoms with E-state index in [9.17, 15) is 9.90 Å². The summed E-state index contributed by atoms with van der Waals surface area (Å²) in [5, 5.41) is 25.0. The zero-order valence-electron chi connectivity index (χ0n) is 19.5. The van der Waals surface area contributed by atoms with Crippen molar-refractivity contribution in [2.24, 2.45) is 0 Å². The summed E-state index contributed by atoms with van der Waals surface area (Å²) in [7, 11) is 3.93. The van der Waals surface area contributed by atoms with Gasteiger partial charge in [0.2, 0.25) is 0 Å². The molecule has 2 N–H and O–H groups in total. The first kappa shape index (κ1) is 23.0. The van der Waals surface area contributed by atoms with E-state index in [1.807, 2.05) is 61.5 Å². The summed E-state index contributed by atoms with van der Waals surface area (Å²) in [6.45, 7) is 7.03. The number of carbonyl (C=O) groups excluding carboxylic acids is 1. The topological polar surface area (TPSA) is 98.2 Å². The van der Waals surface area contributed by atoms with Crippen molar-refractivity contribution in [2.75, 3.05) is 19.0 Å². The second-order valence-corrected chi connectivity index (χ2v) is 10.4. The fourth-order valence-corrected chi connectivity index (χ4v) is 4.86. The van der Waals surface area contributed by atoms with Gasteiger partial charge in [-0.2, -0.15) is 5.21 Å². The van der Waals surface area contributed by atoms with Gasteiger partial charge in [0.1, 0.15) is 5.75 Å². The molecule has 0 unspecified atom stereocenters. The van der Waals surface area contributed by atoms with Crippen LogP contribution in [0.3, 0.4) is 0 Å². The molecule has 172 valence electrons. The molecule has 2 aromatic carbocycles. The van der Waals surface area contributed by atoms with Gasteiger partial charge < -0.3 is 10.0 Å². The zero-order chi connectivity index (χ0) is 23.8. The van der Waals surface area contributed by atoms with Crippen LogP contribution >= 0.6 is 11.8 Å². The number of thioether (sulfide) groups is 1. The Morgan fingerprint density at radius 2 is 1.97 bits per heavy atom. The van der Waals surface area contributed by atoms with Crippen LogP contribution in [0.25, 0.3) is 6.08 Å². The first-order valence-electron chi connectivity index (χ1n) is 10.7. The normalized spacial score (nSPS) is 15.4. The van der Waals surface area contributed by atoms with Crippen LogP contribution in [0.2, 0.25) is 0 Å².